The van der Waals surface area contributed by atoms with Crippen LogP contribution in [0.3, 0.4) is 0 Å². The summed E-state index contributed by atoms with van der Waals surface area (Å²) in [5.41, 5.74) is 3.73. The molecule has 54 heavy (non-hydrogen) atoms. The van der Waals surface area contributed by atoms with Crippen molar-refractivity contribution in [2.45, 2.75) is 71.9 Å². The molecule has 0 aliphatic carbocycles. The number of halogens is 2. The lowest BCUT2D eigenvalue weighted by Gasteiger charge is -2.30. The van der Waals surface area contributed by atoms with Gasteiger partial charge in [0.15, 0.2) is 5.65 Å². The van der Waals surface area contributed by atoms with Crippen LogP contribution >= 0.6 is 0 Å². The Morgan fingerprint density at radius 3 is 2.22 bits per heavy atom. The predicted octanol–water partition coefficient (Wildman–Crippen LogP) is 7.65. The number of benzene rings is 3. The highest BCUT2D eigenvalue weighted by Crippen LogP contribution is 2.36. The smallest absolute Gasteiger partial charge is 0.337 e. The fourth-order valence-electron chi connectivity index (χ4n) is 6.87. The highest BCUT2D eigenvalue weighted by atomic mass is 19.1. The van der Waals surface area contributed by atoms with E-state index < -0.39 is 35.5 Å². The number of pyridine rings is 1. The number of carboxylic acid groups (broad SMARTS) is 2. The third-order valence-electron chi connectivity index (χ3n) is 9.37. The monoisotopic (exact) mass is 740 g/mol. The van der Waals surface area contributed by atoms with Crippen molar-refractivity contribution in [2.75, 3.05) is 25.0 Å². The van der Waals surface area contributed by atoms with E-state index in [0.717, 1.165) is 23.6 Å². The summed E-state index contributed by atoms with van der Waals surface area (Å²) < 4.78 is 31.4. The van der Waals surface area contributed by atoms with Gasteiger partial charge in [-0.2, -0.15) is 0 Å². The summed E-state index contributed by atoms with van der Waals surface area (Å²) in [5, 5.41) is 35.5. The summed E-state index contributed by atoms with van der Waals surface area (Å²) in [6.07, 6.45) is 5.08. The number of nitrogens with one attached hydrogen (secondary N) is 2. The Bertz CT molecular complexity index is 2110. The number of fused-ring (bicyclic) bond motifs is 1. The number of carbonyl (C=O) groups excluding carboxylic acids is 1. The number of aromatic carboxylic acids is 2. The number of hydrogen-bond donors (Lipinski definition) is 4. The second-order valence-corrected chi connectivity index (χ2v) is 13.5. The molecule has 5 aromatic rings. The molecule has 0 aliphatic rings. The van der Waals surface area contributed by atoms with Crippen LogP contribution < -0.4 is 10.6 Å². The second-order valence-electron chi connectivity index (χ2n) is 13.5. The normalized spacial score (nSPS) is 12.4. The lowest BCUT2D eigenvalue weighted by molar-refractivity contribution is 0.0685. The lowest BCUT2D eigenvalue weighted by Crippen LogP contribution is -2.34. The van der Waals surface area contributed by atoms with Crippen LogP contribution in [0.1, 0.15) is 111 Å². The number of aryl methyl sites for hydroxylation is 2. The number of anilines is 1. The molecule has 0 aliphatic heterocycles. The largest absolute Gasteiger partial charge is 0.478 e. The number of aromatic nitrogens is 3. The van der Waals surface area contributed by atoms with Crippen molar-refractivity contribution in [3.05, 3.63) is 129 Å². The molecule has 0 spiro atoms. The number of amides is 1. The molecule has 3 aromatic carbocycles. The maximum absolute atomic E-state index is 15.0. The van der Waals surface area contributed by atoms with Crippen LogP contribution in [-0.4, -0.2) is 67.2 Å². The van der Waals surface area contributed by atoms with Gasteiger partial charge >= 0.3 is 11.9 Å². The molecule has 11 nitrogen and oxygen atoms in total. The standard InChI is InChI=1S/C41H46F2N6O5/c1-5-11-48(12-6-2)39(50)34-13-25(4)14-35(41(53)54)37(34)46-36(28-16-31(42)20-32(43)17-28)19-29(22-44-21-27-10-8-9-26(7-3)15-27)33-18-30(40(51)52)23-49-24-45-47-38(33)49/h8-10,13-18,20,23-24,29,36,44,46H,5-7,11-12,19,21-22H2,1-4H3,(H,51,52)(H,53,54). The number of hydrogen-bond acceptors (Lipinski definition) is 7. The van der Waals surface area contributed by atoms with Crippen molar-refractivity contribution in [1.29, 1.82) is 0 Å². The Morgan fingerprint density at radius 1 is 0.889 bits per heavy atom. The molecule has 5 rings (SSSR count). The molecule has 0 fully saturated rings. The van der Waals surface area contributed by atoms with E-state index in [9.17, 15) is 33.4 Å². The van der Waals surface area contributed by atoms with Gasteiger partial charge in [0.2, 0.25) is 0 Å². The molecule has 1 amide bonds. The van der Waals surface area contributed by atoms with Gasteiger partial charge < -0.3 is 25.7 Å². The maximum atomic E-state index is 15.0. The molecular weight excluding hydrogens is 694 g/mol. The van der Waals surface area contributed by atoms with Crippen molar-refractivity contribution < 1.29 is 33.4 Å². The van der Waals surface area contributed by atoms with E-state index in [1.807, 2.05) is 32.0 Å². The van der Waals surface area contributed by atoms with Crippen molar-refractivity contribution in [3.63, 3.8) is 0 Å². The molecule has 2 aromatic heterocycles. The van der Waals surface area contributed by atoms with E-state index in [2.05, 4.69) is 33.8 Å². The van der Waals surface area contributed by atoms with Crippen molar-refractivity contribution in [3.8, 4) is 0 Å². The van der Waals surface area contributed by atoms with Crippen LogP contribution in [0.2, 0.25) is 0 Å². The highest BCUT2D eigenvalue weighted by molar-refractivity contribution is 6.06. The summed E-state index contributed by atoms with van der Waals surface area (Å²) in [6.45, 7) is 9.28. The average Bonchev–Trinajstić information content (AvgIpc) is 3.62. The van der Waals surface area contributed by atoms with Crippen molar-refractivity contribution in [1.82, 2.24) is 24.8 Å². The van der Waals surface area contributed by atoms with Gasteiger partial charge in [-0.3, -0.25) is 9.20 Å². The molecule has 0 saturated heterocycles. The average molecular weight is 741 g/mol. The first kappa shape index (κ1) is 39.5. The Kier molecular flexibility index (Phi) is 13.1. The Balaban J connectivity index is 1.66. The minimum absolute atomic E-state index is 0.0139. The quantitative estimate of drug-likeness (QED) is 0.0711. The zero-order valence-corrected chi connectivity index (χ0v) is 30.9. The van der Waals surface area contributed by atoms with E-state index in [0.29, 0.717) is 49.2 Å². The first-order chi connectivity index (χ1) is 25.9. The van der Waals surface area contributed by atoms with Crippen molar-refractivity contribution >= 4 is 29.2 Å². The summed E-state index contributed by atoms with van der Waals surface area (Å²) in [4.78, 5) is 40.9. The molecule has 4 N–H and O–H groups in total. The van der Waals surface area contributed by atoms with Crippen LogP contribution in [0.25, 0.3) is 5.65 Å². The zero-order chi connectivity index (χ0) is 38.9. The lowest BCUT2D eigenvalue weighted by atomic mass is 9.88. The molecule has 13 heteroatoms. The zero-order valence-electron chi connectivity index (χ0n) is 30.9. The van der Waals surface area contributed by atoms with E-state index in [4.69, 9.17) is 0 Å². The Morgan fingerprint density at radius 2 is 1.57 bits per heavy atom. The minimum atomic E-state index is -1.29. The van der Waals surface area contributed by atoms with Gasteiger partial charge in [-0.1, -0.05) is 45.0 Å². The summed E-state index contributed by atoms with van der Waals surface area (Å²) >= 11 is 0. The van der Waals surface area contributed by atoms with Crippen LogP contribution in [0.4, 0.5) is 14.5 Å². The van der Waals surface area contributed by atoms with Crippen molar-refractivity contribution in [2.24, 2.45) is 0 Å². The van der Waals surface area contributed by atoms with Gasteiger partial charge in [0.25, 0.3) is 5.91 Å². The van der Waals surface area contributed by atoms with Gasteiger partial charge in [0.1, 0.15) is 18.0 Å². The van der Waals surface area contributed by atoms with Gasteiger partial charge in [-0.25, -0.2) is 18.4 Å². The van der Waals surface area contributed by atoms with E-state index in [1.54, 1.807) is 17.9 Å². The van der Waals surface area contributed by atoms with Crippen LogP contribution in [0.15, 0.2) is 73.2 Å². The third kappa shape index (κ3) is 9.45. The summed E-state index contributed by atoms with van der Waals surface area (Å²) in [7, 11) is 0. The highest BCUT2D eigenvalue weighted by Gasteiger charge is 2.29. The Hall–Kier alpha value is -5.69. The van der Waals surface area contributed by atoms with Crippen LogP contribution in [-0.2, 0) is 13.0 Å². The maximum Gasteiger partial charge on any atom is 0.337 e. The van der Waals surface area contributed by atoms with E-state index >= 15 is 0 Å². The molecule has 0 bridgehead atoms. The molecule has 0 radical (unpaired) electrons. The minimum Gasteiger partial charge on any atom is -0.478 e. The topological polar surface area (TPSA) is 149 Å². The second kappa shape index (κ2) is 17.9. The fourth-order valence-corrected chi connectivity index (χ4v) is 6.87. The molecule has 0 saturated carbocycles. The molecule has 2 unspecified atom stereocenters. The first-order valence-corrected chi connectivity index (χ1v) is 18.2. The molecule has 2 heterocycles. The SMILES string of the molecule is CCCN(CCC)C(=O)c1cc(C)cc(C(=O)O)c1NC(CC(CNCc1cccc(CC)c1)c1cc(C(=O)O)cn2cnnc12)c1cc(F)cc(F)c1. The van der Waals surface area contributed by atoms with E-state index in [1.165, 1.54) is 41.2 Å². The van der Waals surface area contributed by atoms with Gasteiger partial charge in [-0.05, 0) is 85.2 Å². The number of carbonyl (C=O) groups is 3. The first-order valence-electron chi connectivity index (χ1n) is 18.2. The van der Waals surface area contributed by atoms with Crippen LogP contribution in [0.5, 0.6) is 0 Å². The van der Waals surface area contributed by atoms with E-state index in [-0.39, 0.29) is 46.8 Å². The van der Waals surface area contributed by atoms with Gasteiger partial charge in [0, 0.05) is 49.9 Å². The molecule has 284 valence electrons. The summed E-state index contributed by atoms with van der Waals surface area (Å²) in [6, 6.07) is 14.8. The Labute approximate surface area is 313 Å². The molecule has 2 atom stereocenters. The summed E-state index contributed by atoms with van der Waals surface area (Å²) in [5.74, 6) is -5.10. The predicted molar refractivity (Wildman–Crippen MR) is 202 cm³/mol. The van der Waals surface area contributed by atoms with Gasteiger partial charge in [0.05, 0.1) is 28.4 Å². The van der Waals surface area contributed by atoms with Crippen LogP contribution in [0, 0.1) is 18.6 Å². The number of carboxylic acids is 2. The number of rotatable bonds is 18. The molecular formula is C41H46F2N6O5. The van der Waals surface area contributed by atoms with Gasteiger partial charge in [-0.15, -0.1) is 10.2 Å². The third-order valence-corrected chi connectivity index (χ3v) is 9.37. The number of nitrogens with zero attached hydrogens (tertiary/aromatic N) is 4. The fraction of sp³-hybridized carbons (Fsp3) is 0.341.